The molecule has 0 fully saturated rings. The Morgan fingerprint density at radius 1 is 1.43 bits per heavy atom. The number of hydrogen-bond donors (Lipinski definition) is 1. The molecule has 0 aliphatic heterocycles. The van der Waals surface area contributed by atoms with Crippen molar-refractivity contribution in [1.82, 2.24) is 10.2 Å². The van der Waals surface area contributed by atoms with Crippen LogP contribution in [0.15, 0.2) is 12.1 Å². The lowest BCUT2D eigenvalue weighted by Crippen LogP contribution is -1.88. The highest BCUT2D eigenvalue weighted by molar-refractivity contribution is 6.37. The van der Waals surface area contributed by atoms with Crippen molar-refractivity contribution >= 4 is 40.4 Å². The highest BCUT2D eigenvalue weighted by Crippen LogP contribution is 2.29. The van der Waals surface area contributed by atoms with Crippen molar-refractivity contribution in [2.75, 3.05) is 0 Å². The Kier molecular flexibility index (Phi) is 2.44. The van der Waals surface area contributed by atoms with Gasteiger partial charge in [0.2, 0.25) is 0 Å². The maximum Gasteiger partial charge on any atom is 0.159 e. The Hall–Kier alpha value is -1.06. The minimum absolute atomic E-state index is 0.245. The van der Waals surface area contributed by atoms with Gasteiger partial charge in [0.1, 0.15) is 6.29 Å². The van der Waals surface area contributed by atoms with Crippen LogP contribution in [0.4, 0.5) is 0 Å². The Morgan fingerprint density at radius 2 is 2.21 bits per heavy atom. The molecule has 2 aromatic rings. The number of aldehydes is 1. The van der Waals surface area contributed by atoms with Crippen molar-refractivity contribution in [3.63, 3.8) is 0 Å². The third-order valence-corrected chi connectivity index (χ3v) is 2.65. The van der Waals surface area contributed by atoms with E-state index in [0.717, 1.165) is 22.8 Å². The van der Waals surface area contributed by atoms with Crippen LogP contribution in [0.1, 0.15) is 5.56 Å². The highest BCUT2D eigenvalue weighted by atomic mass is 35.5. The Bertz CT molecular complexity index is 493. The van der Waals surface area contributed by atoms with Crippen molar-refractivity contribution < 1.29 is 4.79 Å². The monoisotopic (exact) mass is 228 g/mol. The fourth-order valence-corrected chi connectivity index (χ4v) is 1.89. The van der Waals surface area contributed by atoms with Gasteiger partial charge in [0, 0.05) is 16.8 Å². The summed E-state index contributed by atoms with van der Waals surface area (Å²) in [5.74, 6) is 0. The van der Waals surface area contributed by atoms with Crippen LogP contribution in [0.5, 0.6) is 0 Å². The van der Waals surface area contributed by atoms with Crippen LogP contribution in [0.3, 0.4) is 0 Å². The molecule has 0 aliphatic carbocycles. The van der Waals surface area contributed by atoms with Crippen LogP contribution in [0, 0.1) is 0 Å². The van der Waals surface area contributed by atoms with Crippen LogP contribution in [-0.2, 0) is 11.2 Å². The predicted molar refractivity (Wildman–Crippen MR) is 55.9 cm³/mol. The number of nitrogens with one attached hydrogen (secondary N) is 1. The molecule has 14 heavy (non-hydrogen) atoms. The number of carbonyl (C=O) groups is 1. The van der Waals surface area contributed by atoms with Crippen LogP contribution in [0.25, 0.3) is 10.9 Å². The van der Waals surface area contributed by atoms with Crippen LogP contribution in [-0.4, -0.2) is 16.5 Å². The van der Waals surface area contributed by atoms with Crippen molar-refractivity contribution in [3.8, 4) is 0 Å². The summed E-state index contributed by atoms with van der Waals surface area (Å²) in [4.78, 5) is 10.5. The lowest BCUT2D eigenvalue weighted by atomic mass is 10.1. The Labute approximate surface area is 90.0 Å². The lowest BCUT2D eigenvalue weighted by molar-refractivity contribution is -0.107. The number of aromatic nitrogens is 2. The number of nitrogens with zero attached hydrogens (tertiary/aromatic N) is 1. The molecule has 1 aromatic carbocycles. The topological polar surface area (TPSA) is 45.8 Å². The average Bonchev–Trinajstić information content (AvgIpc) is 2.53. The molecule has 0 radical (unpaired) electrons. The van der Waals surface area contributed by atoms with Gasteiger partial charge >= 0.3 is 0 Å². The molecule has 5 heteroatoms. The first-order chi connectivity index (χ1) is 6.74. The minimum atomic E-state index is 0.245. The molecule has 3 nitrogen and oxygen atoms in total. The summed E-state index contributed by atoms with van der Waals surface area (Å²) in [5, 5.41) is 8.21. The first-order valence-electron chi connectivity index (χ1n) is 3.98. The molecule has 1 aromatic heterocycles. The summed E-state index contributed by atoms with van der Waals surface area (Å²) in [6, 6.07) is 3.50. The fraction of sp³-hybridized carbons (Fsp3) is 0.111. The zero-order valence-corrected chi connectivity index (χ0v) is 8.56. The zero-order valence-electron chi connectivity index (χ0n) is 7.05. The van der Waals surface area contributed by atoms with Crippen molar-refractivity contribution in [1.29, 1.82) is 0 Å². The molecule has 0 amide bonds. The van der Waals surface area contributed by atoms with Crippen LogP contribution < -0.4 is 0 Å². The number of H-pyrrole nitrogens is 1. The first kappa shape index (κ1) is 9.49. The predicted octanol–water partition coefficient (Wildman–Crippen LogP) is 2.61. The van der Waals surface area contributed by atoms with Gasteiger partial charge < -0.3 is 4.79 Å². The Morgan fingerprint density at radius 3 is 2.93 bits per heavy atom. The molecular formula is C9H6Cl2N2O. The number of carbonyl (C=O) groups excluding carboxylic acids is 1. The number of rotatable bonds is 2. The summed E-state index contributed by atoms with van der Waals surface area (Å²) < 4.78 is 0. The second-order valence-electron chi connectivity index (χ2n) is 2.83. The minimum Gasteiger partial charge on any atom is -0.303 e. The van der Waals surface area contributed by atoms with E-state index in [-0.39, 0.29) is 6.42 Å². The van der Waals surface area contributed by atoms with Gasteiger partial charge in [0.15, 0.2) is 5.15 Å². The number of halogens is 2. The van der Waals surface area contributed by atoms with E-state index in [0.29, 0.717) is 10.2 Å². The van der Waals surface area contributed by atoms with Gasteiger partial charge in [0.25, 0.3) is 0 Å². The second-order valence-corrected chi connectivity index (χ2v) is 3.60. The van der Waals surface area contributed by atoms with E-state index in [1.54, 1.807) is 12.1 Å². The smallest absolute Gasteiger partial charge is 0.159 e. The molecule has 0 saturated carbocycles. The number of fused-ring (bicyclic) bond motifs is 1. The third-order valence-electron chi connectivity index (χ3n) is 2.02. The fourth-order valence-electron chi connectivity index (χ4n) is 1.40. The molecule has 1 heterocycles. The summed E-state index contributed by atoms with van der Waals surface area (Å²) in [5.41, 5.74) is 1.51. The quantitative estimate of drug-likeness (QED) is 0.804. The molecule has 72 valence electrons. The van der Waals surface area contributed by atoms with Crippen LogP contribution in [0.2, 0.25) is 10.2 Å². The van der Waals surface area contributed by atoms with Gasteiger partial charge in [-0.25, -0.2) is 0 Å². The van der Waals surface area contributed by atoms with E-state index in [1.807, 2.05) is 0 Å². The number of hydrogen-bond acceptors (Lipinski definition) is 2. The maximum atomic E-state index is 10.5. The van der Waals surface area contributed by atoms with Crippen molar-refractivity contribution in [2.24, 2.45) is 0 Å². The van der Waals surface area contributed by atoms with Gasteiger partial charge in [-0.15, -0.1) is 0 Å². The molecule has 1 N–H and O–H groups in total. The molecular weight excluding hydrogens is 223 g/mol. The van der Waals surface area contributed by atoms with Gasteiger partial charge in [-0.3, -0.25) is 5.10 Å². The maximum absolute atomic E-state index is 10.5. The molecule has 0 bridgehead atoms. The molecule has 0 spiro atoms. The Balaban J connectivity index is 2.79. The first-order valence-corrected chi connectivity index (χ1v) is 4.74. The largest absolute Gasteiger partial charge is 0.303 e. The van der Waals surface area contributed by atoms with E-state index >= 15 is 0 Å². The van der Waals surface area contributed by atoms with Crippen LogP contribution >= 0.6 is 23.2 Å². The van der Waals surface area contributed by atoms with Gasteiger partial charge in [-0.1, -0.05) is 23.2 Å². The summed E-state index contributed by atoms with van der Waals surface area (Å²) >= 11 is 11.8. The number of aromatic amines is 1. The zero-order chi connectivity index (χ0) is 10.1. The molecule has 0 aliphatic rings. The summed E-state index contributed by atoms with van der Waals surface area (Å²) in [6.07, 6.45) is 1.04. The van der Waals surface area contributed by atoms with E-state index in [2.05, 4.69) is 10.2 Å². The molecule has 0 atom stereocenters. The van der Waals surface area contributed by atoms with Crippen molar-refractivity contribution in [3.05, 3.63) is 27.9 Å². The molecule has 0 saturated heterocycles. The van der Waals surface area contributed by atoms with Crippen molar-refractivity contribution in [2.45, 2.75) is 6.42 Å². The van der Waals surface area contributed by atoms with E-state index in [4.69, 9.17) is 23.2 Å². The number of benzene rings is 1. The molecule has 2 rings (SSSR count). The van der Waals surface area contributed by atoms with E-state index < -0.39 is 0 Å². The average molecular weight is 229 g/mol. The van der Waals surface area contributed by atoms with E-state index in [1.165, 1.54) is 0 Å². The van der Waals surface area contributed by atoms with E-state index in [9.17, 15) is 4.79 Å². The molecule has 0 unspecified atom stereocenters. The summed E-state index contributed by atoms with van der Waals surface area (Å²) in [7, 11) is 0. The SMILES string of the molecule is O=CCc1c(Cl)ccc2[nH]nc(Cl)c12. The third kappa shape index (κ3) is 1.38. The normalized spacial score (nSPS) is 10.7. The second kappa shape index (κ2) is 3.59. The standard InChI is InChI=1S/C9H6Cl2N2O/c10-6-1-2-7-8(5(6)3-4-14)9(11)13-12-7/h1-2,4H,3H2,(H,12,13). The van der Waals surface area contributed by atoms with Gasteiger partial charge in [0.05, 0.1) is 5.52 Å². The van der Waals surface area contributed by atoms with Gasteiger partial charge in [-0.05, 0) is 17.7 Å². The van der Waals surface area contributed by atoms with Gasteiger partial charge in [-0.2, -0.15) is 5.10 Å². The highest BCUT2D eigenvalue weighted by Gasteiger charge is 2.11. The lowest BCUT2D eigenvalue weighted by Gasteiger charge is -2.01. The summed E-state index contributed by atoms with van der Waals surface area (Å²) in [6.45, 7) is 0.